The zero-order chi connectivity index (χ0) is 28.5. The Morgan fingerprint density at radius 3 is 1.70 bits per heavy atom. The fourth-order valence-electron chi connectivity index (χ4n) is 6.81. The second kappa shape index (κ2) is 18.2. The monoisotopic (exact) mass is 542 g/mol. The first-order valence-electron chi connectivity index (χ1n) is 16.7. The molecular formula is C38H58N2. The van der Waals surface area contributed by atoms with Crippen LogP contribution in [0.4, 0.5) is 0 Å². The summed E-state index contributed by atoms with van der Waals surface area (Å²) in [5, 5.41) is 0. The molecule has 2 heteroatoms. The Hall–Kier alpha value is -2.35. The smallest absolute Gasteiger partial charge is 0.112 e. The Kier molecular flexibility index (Phi) is 14.6. The van der Waals surface area contributed by atoms with Gasteiger partial charge >= 0.3 is 0 Å². The number of rotatable bonds is 21. The molecule has 0 spiro atoms. The Labute approximate surface area is 247 Å². The first-order chi connectivity index (χ1) is 19.6. The molecule has 3 aromatic rings. The minimum atomic E-state index is -0.0462. The maximum Gasteiger partial charge on any atom is 0.112 e. The molecule has 0 fully saturated rings. The molecule has 3 rings (SSSR count). The molecule has 0 N–H and O–H groups in total. The highest BCUT2D eigenvalue weighted by Gasteiger charge is 2.41. The Bertz CT molecular complexity index is 1020. The van der Waals surface area contributed by atoms with E-state index in [4.69, 9.17) is 4.98 Å². The molecule has 0 radical (unpaired) electrons. The van der Waals surface area contributed by atoms with E-state index >= 15 is 0 Å². The Morgan fingerprint density at radius 1 is 0.675 bits per heavy atom. The second-order valence-electron chi connectivity index (χ2n) is 12.7. The molecule has 1 aromatic heterocycles. The number of unbranched alkanes of at least 4 members (excludes halogenated alkanes) is 13. The normalized spacial score (nSPS) is 13.9. The van der Waals surface area contributed by atoms with Crippen molar-refractivity contribution in [1.29, 1.82) is 0 Å². The molecule has 0 aliphatic rings. The summed E-state index contributed by atoms with van der Waals surface area (Å²) in [6.45, 7) is 10.6. The Morgan fingerprint density at radius 2 is 1.18 bits per heavy atom. The van der Waals surface area contributed by atoms with Gasteiger partial charge in [0, 0.05) is 30.3 Å². The van der Waals surface area contributed by atoms with Gasteiger partial charge in [-0.25, -0.2) is 4.98 Å². The largest absolute Gasteiger partial charge is 0.335 e. The maximum atomic E-state index is 5.02. The van der Waals surface area contributed by atoms with Crippen molar-refractivity contribution in [3.63, 3.8) is 0 Å². The summed E-state index contributed by atoms with van der Waals surface area (Å²) in [4.78, 5) is 5.02. The lowest BCUT2D eigenvalue weighted by atomic mass is 9.64. The summed E-state index contributed by atoms with van der Waals surface area (Å²) in [7, 11) is 0. The van der Waals surface area contributed by atoms with Gasteiger partial charge < -0.3 is 4.57 Å². The van der Waals surface area contributed by atoms with E-state index < -0.39 is 0 Å². The van der Waals surface area contributed by atoms with E-state index in [0.29, 0.717) is 11.8 Å². The third-order valence-electron chi connectivity index (χ3n) is 8.98. The van der Waals surface area contributed by atoms with Gasteiger partial charge in [0.25, 0.3) is 0 Å². The van der Waals surface area contributed by atoms with E-state index in [1.807, 2.05) is 6.20 Å². The van der Waals surface area contributed by atoms with Crippen LogP contribution in [0.5, 0.6) is 0 Å². The van der Waals surface area contributed by atoms with Crippen LogP contribution in [0.3, 0.4) is 0 Å². The van der Waals surface area contributed by atoms with Gasteiger partial charge in [0.05, 0.1) is 0 Å². The minimum Gasteiger partial charge on any atom is -0.335 e. The Balaban J connectivity index is 1.51. The summed E-state index contributed by atoms with van der Waals surface area (Å²) in [6.07, 6.45) is 24.9. The third kappa shape index (κ3) is 10.2. The third-order valence-corrected chi connectivity index (χ3v) is 8.98. The zero-order valence-corrected chi connectivity index (χ0v) is 26.3. The molecule has 0 bridgehead atoms. The number of aromatic nitrogens is 2. The molecular weight excluding hydrogens is 484 g/mol. The summed E-state index contributed by atoms with van der Waals surface area (Å²) < 4.78 is 2.47. The fraction of sp³-hybridized carbons (Fsp3) is 0.605. The van der Waals surface area contributed by atoms with E-state index in [1.54, 1.807) is 0 Å². The second-order valence-corrected chi connectivity index (χ2v) is 12.7. The molecule has 0 saturated carbocycles. The fourth-order valence-corrected chi connectivity index (χ4v) is 6.81. The molecule has 220 valence electrons. The molecule has 0 aliphatic carbocycles. The number of benzene rings is 2. The lowest BCUT2D eigenvalue weighted by Crippen LogP contribution is -2.37. The van der Waals surface area contributed by atoms with Crippen molar-refractivity contribution in [2.75, 3.05) is 0 Å². The van der Waals surface area contributed by atoms with Crippen LogP contribution in [-0.4, -0.2) is 9.55 Å². The minimum absolute atomic E-state index is 0.0462. The van der Waals surface area contributed by atoms with Crippen LogP contribution < -0.4 is 0 Å². The van der Waals surface area contributed by atoms with Gasteiger partial charge in [0.15, 0.2) is 0 Å². The first-order valence-corrected chi connectivity index (χ1v) is 16.7. The number of hydrogen-bond acceptors (Lipinski definition) is 1. The number of hydrogen-bond donors (Lipinski definition) is 0. The number of nitrogens with zero attached hydrogens (tertiary/aromatic N) is 2. The van der Waals surface area contributed by atoms with Crippen molar-refractivity contribution in [2.45, 2.75) is 142 Å². The van der Waals surface area contributed by atoms with Gasteiger partial charge in [-0.3, -0.25) is 0 Å². The van der Waals surface area contributed by atoms with E-state index in [2.05, 4.69) is 99.1 Å². The van der Waals surface area contributed by atoms with Gasteiger partial charge in [0.2, 0.25) is 0 Å². The molecule has 0 amide bonds. The first kappa shape index (κ1) is 32.2. The molecule has 1 heterocycles. The van der Waals surface area contributed by atoms with E-state index in [0.717, 1.165) is 13.0 Å². The number of aryl methyl sites for hydroxylation is 1. The predicted octanol–water partition coefficient (Wildman–Crippen LogP) is 11.3. The summed E-state index contributed by atoms with van der Waals surface area (Å²) in [6, 6.07) is 22.2. The van der Waals surface area contributed by atoms with Crippen molar-refractivity contribution in [1.82, 2.24) is 9.55 Å². The van der Waals surface area contributed by atoms with Crippen LogP contribution in [0.1, 0.15) is 140 Å². The predicted molar refractivity (Wildman–Crippen MR) is 174 cm³/mol. The summed E-state index contributed by atoms with van der Waals surface area (Å²) in [5.74, 6) is 2.06. The van der Waals surface area contributed by atoms with E-state index in [1.165, 1.54) is 107 Å². The van der Waals surface area contributed by atoms with Crippen LogP contribution >= 0.6 is 0 Å². The van der Waals surface area contributed by atoms with Crippen molar-refractivity contribution in [3.8, 4) is 0 Å². The molecule has 2 unspecified atom stereocenters. The van der Waals surface area contributed by atoms with Crippen LogP contribution in [0.2, 0.25) is 0 Å². The average molecular weight is 543 g/mol. The highest BCUT2D eigenvalue weighted by Crippen LogP contribution is 2.45. The lowest BCUT2D eigenvalue weighted by molar-refractivity contribution is 0.281. The standard InChI is InChI=1S/C38H58N2/c1-5-6-7-8-9-10-11-12-13-14-15-16-17-24-30-40-31-29-39-37(40)36(33(2)3)38(4,35-27-22-19-23-28-35)32-34-25-20-18-21-26-34/h18-23,25-29,31,33,36H,5-17,24,30,32H2,1-4H3. The van der Waals surface area contributed by atoms with Gasteiger partial charge in [-0.15, -0.1) is 0 Å². The molecule has 2 aromatic carbocycles. The lowest BCUT2D eigenvalue weighted by Gasteiger charge is -2.41. The van der Waals surface area contributed by atoms with Gasteiger partial charge in [-0.2, -0.15) is 0 Å². The SMILES string of the molecule is CCCCCCCCCCCCCCCCn1ccnc1C(C(C)C)C(C)(Cc1ccccc1)c1ccccc1. The van der Waals surface area contributed by atoms with Crippen molar-refractivity contribution in [2.24, 2.45) is 5.92 Å². The van der Waals surface area contributed by atoms with Gasteiger partial charge in [-0.1, -0.05) is 172 Å². The van der Waals surface area contributed by atoms with Crippen LogP contribution in [0, 0.1) is 5.92 Å². The van der Waals surface area contributed by atoms with Crippen molar-refractivity contribution >= 4 is 0 Å². The van der Waals surface area contributed by atoms with Gasteiger partial charge in [-0.05, 0) is 29.9 Å². The zero-order valence-electron chi connectivity index (χ0n) is 26.3. The van der Waals surface area contributed by atoms with Crippen molar-refractivity contribution in [3.05, 3.63) is 90.0 Å². The average Bonchev–Trinajstić information content (AvgIpc) is 3.41. The van der Waals surface area contributed by atoms with E-state index in [9.17, 15) is 0 Å². The molecule has 2 atom stereocenters. The topological polar surface area (TPSA) is 17.8 Å². The van der Waals surface area contributed by atoms with Crippen LogP contribution in [0.25, 0.3) is 0 Å². The van der Waals surface area contributed by atoms with Gasteiger partial charge in [0.1, 0.15) is 5.82 Å². The molecule has 0 saturated heterocycles. The van der Waals surface area contributed by atoms with E-state index in [-0.39, 0.29) is 5.41 Å². The van der Waals surface area contributed by atoms with Crippen LogP contribution in [0.15, 0.2) is 73.1 Å². The quantitative estimate of drug-likeness (QED) is 0.122. The van der Waals surface area contributed by atoms with Crippen LogP contribution in [-0.2, 0) is 18.4 Å². The summed E-state index contributed by atoms with van der Waals surface area (Å²) >= 11 is 0. The number of imidazole rings is 1. The molecule has 2 nitrogen and oxygen atoms in total. The highest BCUT2D eigenvalue weighted by atomic mass is 15.1. The molecule has 0 aliphatic heterocycles. The highest BCUT2D eigenvalue weighted by molar-refractivity contribution is 5.33. The maximum absolute atomic E-state index is 5.02. The van der Waals surface area contributed by atoms with Crippen molar-refractivity contribution < 1.29 is 0 Å². The summed E-state index contributed by atoms with van der Waals surface area (Å²) in [5.41, 5.74) is 2.75. The molecule has 40 heavy (non-hydrogen) atoms.